The minimum absolute atomic E-state index is 0.0511. The summed E-state index contributed by atoms with van der Waals surface area (Å²) in [5.41, 5.74) is 0. The van der Waals surface area contributed by atoms with Gasteiger partial charge < -0.3 is 19.4 Å². The van der Waals surface area contributed by atoms with Gasteiger partial charge in [0.15, 0.2) is 0 Å². The van der Waals surface area contributed by atoms with Gasteiger partial charge in [-0.2, -0.15) is 0 Å². The average molecular weight is 431 g/mol. The summed E-state index contributed by atoms with van der Waals surface area (Å²) in [4.78, 5) is 0. The van der Waals surface area contributed by atoms with E-state index < -0.39 is 14.4 Å². The van der Waals surface area contributed by atoms with Crippen LogP contribution in [0.2, 0.25) is 5.04 Å². The molecule has 2 atom stereocenters. The molecule has 0 radical (unpaired) electrons. The van der Waals surface area contributed by atoms with Crippen LogP contribution in [0.15, 0.2) is 60.7 Å². The maximum Gasteiger partial charge on any atom is 0.261 e. The number of hydrogen-bond acceptors (Lipinski definition) is 4. The van der Waals surface area contributed by atoms with Crippen LogP contribution in [0, 0.1) is 0 Å². The Morgan fingerprint density at radius 3 is 1.83 bits per heavy atom. The van der Waals surface area contributed by atoms with Crippen LogP contribution in [0.1, 0.15) is 46.5 Å². The fourth-order valence-electron chi connectivity index (χ4n) is 4.23. The molecule has 0 saturated heterocycles. The van der Waals surface area contributed by atoms with E-state index in [1.54, 1.807) is 7.11 Å². The molecule has 30 heavy (non-hydrogen) atoms. The second kappa shape index (κ2) is 11.8. The van der Waals surface area contributed by atoms with Crippen molar-refractivity contribution in [1.82, 2.24) is 0 Å². The molecule has 2 aromatic rings. The van der Waals surface area contributed by atoms with E-state index in [4.69, 9.17) is 14.3 Å². The lowest BCUT2D eigenvalue weighted by molar-refractivity contribution is -0.0246. The third kappa shape index (κ3) is 6.02. The molecule has 0 saturated carbocycles. The lowest BCUT2D eigenvalue weighted by Gasteiger charge is -2.43. The van der Waals surface area contributed by atoms with Gasteiger partial charge in [0.25, 0.3) is 8.32 Å². The van der Waals surface area contributed by atoms with Crippen LogP contribution in [-0.4, -0.2) is 51.1 Å². The zero-order chi connectivity index (χ0) is 22.0. The fourth-order valence-corrected chi connectivity index (χ4v) is 8.83. The van der Waals surface area contributed by atoms with Crippen molar-refractivity contribution in [1.29, 1.82) is 0 Å². The summed E-state index contributed by atoms with van der Waals surface area (Å²) in [6, 6.07) is 21.2. The summed E-state index contributed by atoms with van der Waals surface area (Å²) in [6.07, 6.45) is 1.86. The maximum atomic E-state index is 10.5. The molecular weight excluding hydrogens is 392 g/mol. The van der Waals surface area contributed by atoms with Gasteiger partial charge in [-0.25, -0.2) is 0 Å². The largest absolute Gasteiger partial charge is 0.407 e. The number of ether oxygens (including phenoxy) is 1. The summed E-state index contributed by atoms with van der Waals surface area (Å²) in [6.45, 7) is 7.50. The van der Waals surface area contributed by atoms with Crippen molar-refractivity contribution >= 4 is 18.7 Å². The molecule has 2 rings (SSSR count). The Morgan fingerprint density at radius 1 is 0.867 bits per heavy atom. The molecule has 0 heterocycles. The van der Waals surface area contributed by atoms with Gasteiger partial charge >= 0.3 is 0 Å². The molecule has 0 amide bonds. The van der Waals surface area contributed by atoms with Gasteiger partial charge in [-0.05, 0) is 41.1 Å². The van der Waals surface area contributed by atoms with Gasteiger partial charge in [0.05, 0.1) is 12.2 Å². The number of hydrogen-bond donors (Lipinski definition) is 2. The number of benzene rings is 2. The number of aliphatic hydroxyl groups is 2. The standard InChI is InChI=1S/C25H38O4Si/c1-25(2,3)30(21-13-7-5-8-14-21,22-15-9-6-10-16-22)29-20-12-17-23(27)24(28-4)18-11-19-26/h5-10,13-16,23-24,26-27H,11-12,17-20H2,1-4H3/t23-,24+/m0/s1. The van der Waals surface area contributed by atoms with Crippen molar-refractivity contribution in [2.75, 3.05) is 20.3 Å². The van der Waals surface area contributed by atoms with Crippen LogP contribution in [0.4, 0.5) is 0 Å². The smallest absolute Gasteiger partial charge is 0.261 e. The van der Waals surface area contributed by atoms with Crippen LogP contribution in [0.25, 0.3) is 0 Å². The highest BCUT2D eigenvalue weighted by Gasteiger charge is 2.49. The highest BCUT2D eigenvalue weighted by Crippen LogP contribution is 2.36. The minimum Gasteiger partial charge on any atom is -0.407 e. The van der Waals surface area contributed by atoms with Crippen molar-refractivity contribution < 1.29 is 19.4 Å². The van der Waals surface area contributed by atoms with Crippen LogP contribution in [0.5, 0.6) is 0 Å². The molecule has 166 valence electrons. The summed E-state index contributed by atoms with van der Waals surface area (Å²) < 4.78 is 12.3. The Morgan fingerprint density at radius 2 is 1.40 bits per heavy atom. The van der Waals surface area contributed by atoms with Crippen LogP contribution in [-0.2, 0) is 9.16 Å². The Hall–Kier alpha value is -1.50. The van der Waals surface area contributed by atoms with Crippen LogP contribution < -0.4 is 10.4 Å². The second-order valence-corrected chi connectivity index (χ2v) is 13.2. The highest BCUT2D eigenvalue weighted by molar-refractivity contribution is 6.99. The second-order valence-electron chi connectivity index (χ2n) is 8.86. The lowest BCUT2D eigenvalue weighted by Crippen LogP contribution is -2.66. The molecule has 0 bridgehead atoms. The van der Waals surface area contributed by atoms with Crippen molar-refractivity contribution in [3.05, 3.63) is 60.7 Å². The third-order valence-corrected chi connectivity index (χ3v) is 10.8. The first-order valence-electron chi connectivity index (χ1n) is 10.9. The molecule has 0 aliphatic carbocycles. The summed E-state index contributed by atoms with van der Waals surface area (Å²) in [5.74, 6) is 0. The number of aliphatic hydroxyl groups excluding tert-OH is 2. The highest BCUT2D eigenvalue weighted by atomic mass is 28.4. The molecule has 0 fully saturated rings. The summed E-state index contributed by atoms with van der Waals surface area (Å²) in [5, 5.41) is 22.0. The summed E-state index contributed by atoms with van der Waals surface area (Å²) in [7, 11) is -0.909. The van der Waals surface area contributed by atoms with E-state index in [2.05, 4.69) is 69.3 Å². The molecule has 0 aliphatic heterocycles. The van der Waals surface area contributed by atoms with Gasteiger partial charge in [0.1, 0.15) is 0 Å². The summed E-state index contributed by atoms with van der Waals surface area (Å²) >= 11 is 0. The Kier molecular flexibility index (Phi) is 9.72. The van der Waals surface area contributed by atoms with E-state index >= 15 is 0 Å². The molecule has 2 N–H and O–H groups in total. The first-order chi connectivity index (χ1) is 14.4. The Labute approximate surface area is 183 Å². The molecule has 0 aromatic heterocycles. The average Bonchev–Trinajstić information content (AvgIpc) is 2.74. The lowest BCUT2D eigenvalue weighted by atomic mass is 10.0. The van der Waals surface area contributed by atoms with E-state index in [0.717, 1.165) is 6.42 Å². The quantitative estimate of drug-likeness (QED) is 0.400. The van der Waals surface area contributed by atoms with E-state index in [9.17, 15) is 5.11 Å². The molecule has 5 heteroatoms. The Balaban J connectivity index is 2.19. The normalized spacial score (nSPS) is 14.5. The zero-order valence-corrected chi connectivity index (χ0v) is 19.9. The fraction of sp³-hybridized carbons (Fsp3) is 0.520. The van der Waals surface area contributed by atoms with Gasteiger partial charge in [-0.15, -0.1) is 0 Å². The molecule has 0 spiro atoms. The van der Waals surface area contributed by atoms with Crippen molar-refractivity contribution in [2.45, 2.75) is 63.7 Å². The van der Waals surface area contributed by atoms with Gasteiger partial charge in [-0.1, -0.05) is 81.4 Å². The van der Waals surface area contributed by atoms with Gasteiger partial charge in [0, 0.05) is 20.3 Å². The van der Waals surface area contributed by atoms with Crippen molar-refractivity contribution in [2.24, 2.45) is 0 Å². The van der Waals surface area contributed by atoms with E-state index in [0.29, 0.717) is 25.9 Å². The first kappa shape index (κ1) is 24.8. The van der Waals surface area contributed by atoms with Crippen LogP contribution in [0.3, 0.4) is 0 Å². The third-order valence-electron chi connectivity index (χ3n) is 5.76. The molecule has 0 aliphatic rings. The van der Waals surface area contributed by atoms with E-state index in [-0.39, 0.29) is 17.7 Å². The first-order valence-corrected chi connectivity index (χ1v) is 12.8. The zero-order valence-electron chi connectivity index (χ0n) is 18.9. The van der Waals surface area contributed by atoms with Crippen molar-refractivity contribution in [3.63, 3.8) is 0 Å². The molecule has 2 aromatic carbocycles. The predicted octanol–water partition coefficient (Wildman–Crippen LogP) is 3.49. The van der Waals surface area contributed by atoms with Gasteiger partial charge in [0.2, 0.25) is 0 Å². The number of methoxy groups -OCH3 is 1. The number of rotatable bonds is 12. The van der Waals surface area contributed by atoms with Crippen molar-refractivity contribution in [3.8, 4) is 0 Å². The molecule has 0 unspecified atom stereocenters. The van der Waals surface area contributed by atoms with Crippen LogP contribution >= 0.6 is 0 Å². The SMILES string of the molecule is CO[C@H](CCCO)[C@@H](O)CCCO[Si](c1ccccc1)(c1ccccc1)C(C)(C)C. The van der Waals surface area contributed by atoms with Gasteiger partial charge in [-0.3, -0.25) is 0 Å². The monoisotopic (exact) mass is 430 g/mol. The predicted molar refractivity (Wildman–Crippen MR) is 126 cm³/mol. The molecule has 4 nitrogen and oxygen atoms in total. The maximum absolute atomic E-state index is 10.5. The van der Waals surface area contributed by atoms with E-state index in [1.165, 1.54) is 10.4 Å². The molecular formula is C25H38O4Si. The minimum atomic E-state index is -2.52. The topological polar surface area (TPSA) is 58.9 Å². The van der Waals surface area contributed by atoms with E-state index in [1.807, 2.05) is 12.1 Å². The Bertz CT molecular complexity index is 675.